The van der Waals surface area contributed by atoms with Crippen molar-refractivity contribution in [3.63, 3.8) is 0 Å². The second-order valence-electron chi connectivity index (χ2n) is 5.65. The second kappa shape index (κ2) is 7.17. The number of ether oxygens (including phenoxy) is 1. The first kappa shape index (κ1) is 17.3. The number of rotatable bonds is 4. The minimum Gasteiger partial charge on any atom is -0.437 e. The van der Waals surface area contributed by atoms with Crippen LogP contribution in [0.25, 0.3) is 0 Å². The van der Waals surface area contributed by atoms with Gasteiger partial charge in [0.15, 0.2) is 5.82 Å². The molecule has 0 fully saturated rings. The Morgan fingerprint density at radius 2 is 1.56 bits per heavy atom. The first-order valence-corrected chi connectivity index (χ1v) is 8.26. The molecule has 25 heavy (non-hydrogen) atoms. The quantitative estimate of drug-likeness (QED) is 0.628. The van der Waals surface area contributed by atoms with Gasteiger partial charge in [0.2, 0.25) is 5.88 Å². The first-order valence-electron chi connectivity index (χ1n) is 7.50. The molecular formula is C18H16Cl2N4O. The largest absolute Gasteiger partial charge is 0.437 e. The van der Waals surface area contributed by atoms with Gasteiger partial charge in [0.25, 0.3) is 0 Å². The zero-order chi connectivity index (χ0) is 18.0. The molecule has 0 saturated carbocycles. The summed E-state index contributed by atoms with van der Waals surface area (Å²) >= 11 is 12.0. The molecule has 3 N–H and O–H groups in total. The van der Waals surface area contributed by atoms with Crippen molar-refractivity contribution >= 4 is 40.4 Å². The monoisotopic (exact) mass is 374 g/mol. The molecule has 1 aromatic heterocycles. The summed E-state index contributed by atoms with van der Waals surface area (Å²) < 4.78 is 5.83. The molecule has 0 unspecified atom stereocenters. The highest BCUT2D eigenvalue weighted by molar-refractivity contribution is 6.35. The Kier molecular flexibility index (Phi) is 4.97. The molecule has 2 aromatic carbocycles. The predicted octanol–water partition coefficient (Wildman–Crippen LogP) is 5.52. The predicted molar refractivity (Wildman–Crippen MR) is 102 cm³/mol. The summed E-state index contributed by atoms with van der Waals surface area (Å²) in [5.74, 6) is 1.35. The number of hydrogen-bond acceptors (Lipinski definition) is 5. The smallest absolute Gasteiger partial charge is 0.248 e. The van der Waals surface area contributed by atoms with E-state index in [0.29, 0.717) is 27.3 Å². The molecule has 0 atom stereocenters. The number of nitrogen functional groups attached to an aromatic ring is 1. The maximum absolute atomic E-state index is 6.15. The summed E-state index contributed by atoms with van der Waals surface area (Å²) in [6.45, 7) is 4.00. The van der Waals surface area contributed by atoms with Crippen molar-refractivity contribution in [2.75, 3.05) is 11.1 Å². The van der Waals surface area contributed by atoms with Crippen LogP contribution in [0, 0.1) is 13.8 Å². The molecule has 5 nitrogen and oxygen atoms in total. The highest BCUT2D eigenvalue weighted by atomic mass is 35.5. The summed E-state index contributed by atoms with van der Waals surface area (Å²) in [5.41, 5.74) is 9.29. The van der Waals surface area contributed by atoms with Crippen molar-refractivity contribution in [1.82, 2.24) is 9.97 Å². The molecule has 0 saturated heterocycles. The van der Waals surface area contributed by atoms with Gasteiger partial charge in [-0.15, -0.1) is 0 Å². The lowest BCUT2D eigenvalue weighted by Gasteiger charge is -2.13. The Bertz CT molecular complexity index is 819. The van der Waals surface area contributed by atoms with Crippen LogP contribution >= 0.6 is 23.2 Å². The second-order valence-corrected chi connectivity index (χ2v) is 6.52. The van der Waals surface area contributed by atoms with Crippen LogP contribution < -0.4 is 15.8 Å². The summed E-state index contributed by atoms with van der Waals surface area (Å²) in [6.07, 6.45) is 1.38. The molecule has 0 aliphatic heterocycles. The lowest BCUT2D eigenvalue weighted by molar-refractivity contribution is 0.464. The Morgan fingerprint density at radius 3 is 2.20 bits per heavy atom. The molecule has 128 valence electrons. The van der Waals surface area contributed by atoms with Crippen LogP contribution in [0.4, 0.5) is 17.2 Å². The Balaban J connectivity index is 1.89. The van der Waals surface area contributed by atoms with Crippen LogP contribution in [0.2, 0.25) is 10.0 Å². The molecule has 3 rings (SSSR count). The topological polar surface area (TPSA) is 73.1 Å². The van der Waals surface area contributed by atoms with Crippen molar-refractivity contribution in [3.05, 3.63) is 63.9 Å². The van der Waals surface area contributed by atoms with Crippen LogP contribution in [-0.2, 0) is 0 Å². The van der Waals surface area contributed by atoms with Gasteiger partial charge in [-0.3, -0.25) is 0 Å². The Hall–Kier alpha value is -2.50. The van der Waals surface area contributed by atoms with E-state index in [1.807, 2.05) is 26.0 Å². The van der Waals surface area contributed by atoms with Gasteiger partial charge < -0.3 is 15.8 Å². The highest BCUT2D eigenvalue weighted by Crippen LogP contribution is 2.32. The minimum atomic E-state index is 0.274. The van der Waals surface area contributed by atoms with E-state index in [9.17, 15) is 0 Å². The van der Waals surface area contributed by atoms with Gasteiger partial charge in [-0.25, -0.2) is 4.98 Å². The number of nitrogens with one attached hydrogen (secondary N) is 1. The van der Waals surface area contributed by atoms with E-state index in [0.717, 1.165) is 11.1 Å². The third-order valence-corrected chi connectivity index (χ3v) is 3.82. The van der Waals surface area contributed by atoms with Crippen LogP contribution in [0.3, 0.4) is 0 Å². The van der Waals surface area contributed by atoms with Crippen molar-refractivity contribution in [3.8, 4) is 11.6 Å². The maximum Gasteiger partial charge on any atom is 0.248 e. The van der Waals surface area contributed by atoms with Gasteiger partial charge in [-0.2, -0.15) is 4.98 Å². The third-order valence-electron chi connectivity index (χ3n) is 3.38. The fraction of sp³-hybridized carbons (Fsp3) is 0.111. The third kappa shape index (κ3) is 4.32. The van der Waals surface area contributed by atoms with Gasteiger partial charge in [0, 0.05) is 15.7 Å². The maximum atomic E-state index is 6.15. The molecular weight excluding hydrogens is 359 g/mol. The van der Waals surface area contributed by atoms with Crippen LogP contribution in [0.5, 0.6) is 11.6 Å². The molecule has 0 amide bonds. The van der Waals surface area contributed by atoms with Crippen molar-refractivity contribution in [1.29, 1.82) is 0 Å². The van der Waals surface area contributed by atoms with Crippen LogP contribution in [0.15, 0.2) is 42.7 Å². The molecule has 0 radical (unpaired) electrons. The number of benzene rings is 2. The van der Waals surface area contributed by atoms with E-state index in [2.05, 4.69) is 21.4 Å². The number of anilines is 3. The van der Waals surface area contributed by atoms with Crippen LogP contribution in [-0.4, -0.2) is 9.97 Å². The average Bonchev–Trinajstić information content (AvgIpc) is 2.49. The molecule has 3 aromatic rings. The standard InChI is InChI=1S/C18H16Cl2N4O/c1-10-3-11(2)5-15(4-10)25-18-16(21)17(22-9-23-18)24-14-7-12(19)6-13(20)8-14/h3-9H,21H2,1-2H3,(H,22,23,24). The van der Waals surface area contributed by atoms with E-state index >= 15 is 0 Å². The van der Waals surface area contributed by atoms with E-state index in [1.165, 1.54) is 6.33 Å². The van der Waals surface area contributed by atoms with Gasteiger partial charge in [-0.05, 0) is 55.3 Å². The van der Waals surface area contributed by atoms with Gasteiger partial charge >= 0.3 is 0 Å². The van der Waals surface area contributed by atoms with Crippen molar-refractivity contribution in [2.24, 2.45) is 0 Å². The summed E-state index contributed by atoms with van der Waals surface area (Å²) in [5, 5.41) is 4.10. The Morgan fingerprint density at radius 1 is 0.920 bits per heavy atom. The van der Waals surface area contributed by atoms with Gasteiger partial charge in [0.1, 0.15) is 17.8 Å². The summed E-state index contributed by atoms with van der Waals surface area (Å²) in [7, 11) is 0. The molecule has 7 heteroatoms. The normalized spacial score (nSPS) is 10.6. The van der Waals surface area contributed by atoms with E-state index in [-0.39, 0.29) is 11.6 Å². The van der Waals surface area contributed by atoms with E-state index < -0.39 is 0 Å². The lowest BCUT2D eigenvalue weighted by atomic mass is 10.1. The minimum absolute atomic E-state index is 0.274. The highest BCUT2D eigenvalue weighted by Gasteiger charge is 2.12. The number of nitrogens with zero attached hydrogens (tertiary/aromatic N) is 2. The first-order chi connectivity index (χ1) is 11.9. The summed E-state index contributed by atoms with van der Waals surface area (Å²) in [6, 6.07) is 11.0. The summed E-state index contributed by atoms with van der Waals surface area (Å²) in [4.78, 5) is 8.28. The van der Waals surface area contributed by atoms with Gasteiger partial charge in [-0.1, -0.05) is 29.3 Å². The van der Waals surface area contributed by atoms with E-state index in [4.69, 9.17) is 33.7 Å². The average molecular weight is 375 g/mol. The number of hydrogen-bond donors (Lipinski definition) is 2. The van der Waals surface area contributed by atoms with E-state index in [1.54, 1.807) is 18.2 Å². The fourth-order valence-electron chi connectivity index (χ4n) is 2.43. The van der Waals surface area contributed by atoms with Gasteiger partial charge in [0.05, 0.1) is 0 Å². The zero-order valence-electron chi connectivity index (χ0n) is 13.7. The SMILES string of the molecule is Cc1cc(C)cc(Oc2ncnc(Nc3cc(Cl)cc(Cl)c3)c2N)c1. The van der Waals surface area contributed by atoms with Crippen molar-refractivity contribution in [2.45, 2.75) is 13.8 Å². The lowest BCUT2D eigenvalue weighted by Crippen LogP contribution is -2.03. The molecule has 1 heterocycles. The zero-order valence-corrected chi connectivity index (χ0v) is 15.2. The number of aryl methyl sites for hydroxylation is 2. The van der Waals surface area contributed by atoms with Crippen LogP contribution in [0.1, 0.15) is 11.1 Å². The number of aromatic nitrogens is 2. The number of halogens is 2. The van der Waals surface area contributed by atoms with Crippen molar-refractivity contribution < 1.29 is 4.74 Å². The molecule has 0 spiro atoms. The Labute approximate surface area is 155 Å². The molecule has 0 aliphatic carbocycles. The molecule has 0 aliphatic rings. The number of nitrogens with two attached hydrogens (primary N) is 1. The fourth-order valence-corrected chi connectivity index (χ4v) is 2.95. The molecule has 0 bridgehead atoms.